The summed E-state index contributed by atoms with van der Waals surface area (Å²) >= 11 is 0. The van der Waals surface area contributed by atoms with Gasteiger partial charge in [0.25, 0.3) is 0 Å². The average molecular weight is 335 g/mol. The molecule has 25 heavy (non-hydrogen) atoms. The molecule has 4 N–H and O–H groups in total. The van der Waals surface area contributed by atoms with Gasteiger partial charge in [-0.1, -0.05) is 18.2 Å². The number of hydrogen-bond donors (Lipinski definition) is 2. The lowest BCUT2D eigenvalue weighted by Crippen LogP contribution is -2.05. The number of nitrogens with two attached hydrogens (primary N) is 2. The zero-order valence-corrected chi connectivity index (χ0v) is 14.4. The van der Waals surface area contributed by atoms with E-state index in [0.717, 1.165) is 39.0 Å². The summed E-state index contributed by atoms with van der Waals surface area (Å²) in [5.74, 6) is 1.34. The highest BCUT2D eigenvalue weighted by Gasteiger charge is 2.15. The van der Waals surface area contributed by atoms with Gasteiger partial charge in [-0.15, -0.1) is 6.58 Å². The first kappa shape index (κ1) is 16.7. The molecule has 3 aromatic rings. The van der Waals surface area contributed by atoms with E-state index in [1.54, 1.807) is 13.3 Å². The molecule has 0 radical (unpaired) electrons. The molecule has 0 aliphatic heterocycles. The monoisotopic (exact) mass is 335 g/mol. The molecule has 0 amide bonds. The van der Waals surface area contributed by atoms with Gasteiger partial charge in [0.2, 0.25) is 5.95 Å². The molecule has 0 aliphatic carbocycles. The first-order valence-electron chi connectivity index (χ1n) is 7.97. The summed E-state index contributed by atoms with van der Waals surface area (Å²) in [6.45, 7) is 5.80. The lowest BCUT2D eigenvalue weighted by Gasteiger charge is -2.15. The second-order valence-electron chi connectivity index (χ2n) is 5.89. The Morgan fingerprint density at radius 2 is 1.96 bits per heavy atom. The number of pyridine rings is 1. The normalized spacial score (nSPS) is 10.8. The van der Waals surface area contributed by atoms with E-state index in [-0.39, 0.29) is 5.95 Å². The summed E-state index contributed by atoms with van der Waals surface area (Å²) in [7, 11) is 1.66. The number of nitrogens with zero attached hydrogens (tertiary/aromatic N) is 3. The molecule has 0 saturated carbocycles. The van der Waals surface area contributed by atoms with Gasteiger partial charge < -0.3 is 16.2 Å². The van der Waals surface area contributed by atoms with Crippen LogP contribution in [-0.2, 0) is 12.8 Å². The Labute approximate surface area is 146 Å². The van der Waals surface area contributed by atoms with Crippen molar-refractivity contribution in [3.05, 3.63) is 59.4 Å². The molecule has 0 spiro atoms. The smallest absolute Gasteiger partial charge is 0.221 e. The van der Waals surface area contributed by atoms with Crippen LogP contribution in [0, 0.1) is 6.92 Å². The number of allylic oxidation sites excluding steroid dienone is 1. The van der Waals surface area contributed by atoms with Crippen molar-refractivity contribution < 1.29 is 4.74 Å². The highest BCUT2D eigenvalue weighted by Crippen LogP contribution is 2.33. The maximum atomic E-state index is 6.00. The van der Waals surface area contributed by atoms with Crippen LogP contribution in [0.4, 0.5) is 11.8 Å². The molecule has 0 fully saturated rings. The summed E-state index contributed by atoms with van der Waals surface area (Å²) in [5, 5.41) is 1.02. The summed E-state index contributed by atoms with van der Waals surface area (Å²) in [6, 6.07) is 6.15. The number of benzene rings is 1. The summed E-state index contributed by atoms with van der Waals surface area (Å²) in [5.41, 5.74) is 16.3. The van der Waals surface area contributed by atoms with Crippen LogP contribution in [0.3, 0.4) is 0 Å². The van der Waals surface area contributed by atoms with Gasteiger partial charge in [0, 0.05) is 34.8 Å². The van der Waals surface area contributed by atoms with Crippen LogP contribution in [0.1, 0.15) is 22.4 Å². The van der Waals surface area contributed by atoms with Gasteiger partial charge >= 0.3 is 0 Å². The van der Waals surface area contributed by atoms with Crippen molar-refractivity contribution in [1.29, 1.82) is 0 Å². The number of methoxy groups -OCH3 is 1. The highest BCUT2D eigenvalue weighted by molar-refractivity contribution is 5.89. The second-order valence-corrected chi connectivity index (χ2v) is 5.89. The Kier molecular flexibility index (Phi) is 4.52. The van der Waals surface area contributed by atoms with Gasteiger partial charge in [0.15, 0.2) is 0 Å². The minimum absolute atomic E-state index is 0.172. The fourth-order valence-corrected chi connectivity index (χ4v) is 2.95. The molecule has 0 bridgehead atoms. The standard InChI is InChI=1S/C19H21N5O/c1-4-5-12-8-13(9-14-10-22-19(21)24-18(14)20)15-7-6-11(2)23-16(15)17(12)25-3/h4,6-8,10H,1,5,9H2,2-3H3,(H4,20,21,22,24). The second kappa shape index (κ2) is 6.76. The fraction of sp³-hybridized carbons (Fsp3) is 0.211. The number of aryl methyl sites for hydroxylation is 1. The van der Waals surface area contributed by atoms with Gasteiger partial charge in [-0.05, 0) is 25.0 Å². The number of fused-ring (bicyclic) bond motifs is 1. The lowest BCUT2D eigenvalue weighted by molar-refractivity contribution is 0.414. The molecule has 0 atom stereocenters. The number of nitrogen functional groups attached to an aromatic ring is 2. The van der Waals surface area contributed by atoms with Crippen molar-refractivity contribution in [3.63, 3.8) is 0 Å². The molecule has 6 heteroatoms. The number of ether oxygens (including phenoxy) is 1. The van der Waals surface area contributed by atoms with E-state index in [9.17, 15) is 0 Å². The van der Waals surface area contributed by atoms with Gasteiger partial charge in [0.1, 0.15) is 17.1 Å². The molecule has 0 saturated heterocycles. The molecule has 2 heterocycles. The Balaban J connectivity index is 2.21. The topological polar surface area (TPSA) is 99.9 Å². The van der Waals surface area contributed by atoms with Crippen LogP contribution < -0.4 is 16.2 Å². The Hall–Kier alpha value is -3.15. The van der Waals surface area contributed by atoms with E-state index < -0.39 is 0 Å². The number of rotatable bonds is 5. The molecule has 3 rings (SSSR count). The van der Waals surface area contributed by atoms with E-state index in [2.05, 4.69) is 33.7 Å². The summed E-state index contributed by atoms with van der Waals surface area (Å²) in [6.07, 6.45) is 4.80. The average Bonchev–Trinajstić information content (AvgIpc) is 2.57. The van der Waals surface area contributed by atoms with Crippen molar-refractivity contribution in [2.24, 2.45) is 0 Å². The zero-order valence-electron chi connectivity index (χ0n) is 14.4. The van der Waals surface area contributed by atoms with Gasteiger partial charge in [-0.25, -0.2) is 9.97 Å². The third kappa shape index (κ3) is 3.24. The third-order valence-electron chi connectivity index (χ3n) is 4.10. The Bertz CT molecular complexity index is 952. The van der Waals surface area contributed by atoms with E-state index >= 15 is 0 Å². The molecular weight excluding hydrogens is 314 g/mol. The van der Waals surface area contributed by atoms with Gasteiger partial charge in [-0.2, -0.15) is 4.98 Å². The van der Waals surface area contributed by atoms with Crippen molar-refractivity contribution >= 4 is 22.7 Å². The number of hydrogen-bond acceptors (Lipinski definition) is 6. The maximum Gasteiger partial charge on any atom is 0.221 e. The van der Waals surface area contributed by atoms with Gasteiger partial charge in [0.05, 0.1) is 7.11 Å². The zero-order chi connectivity index (χ0) is 18.0. The molecule has 2 aromatic heterocycles. The maximum absolute atomic E-state index is 6.00. The molecule has 6 nitrogen and oxygen atoms in total. The van der Waals surface area contributed by atoms with Crippen molar-refractivity contribution in [1.82, 2.24) is 15.0 Å². The first-order valence-corrected chi connectivity index (χ1v) is 7.97. The Morgan fingerprint density at radius 1 is 1.16 bits per heavy atom. The highest BCUT2D eigenvalue weighted by atomic mass is 16.5. The molecule has 0 aliphatic rings. The molecule has 1 aromatic carbocycles. The van der Waals surface area contributed by atoms with Crippen LogP contribution in [-0.4, -0.2) is 22.1 Å². The van der Waals surface area contributed by atoms with Crippen molar-refractivity contribution in [3.8, 4) is 5.75 Å². The minimum atomic E-state index is 0.172. The summed E-state index contributed by atoms with van der Waals surface area (Å²) in [4.78, 5) is 12.8. The van der Waals surface area contributed by atoms with Crippen LogP contribution in [0.5, 0.6) is 5.75 Å². The fourth-order valence-electron chi connectivity index (χ4n) is 2.95. The van der Waals surface area contributed by atoms with Crippen molar-refractivity contribution in [2.45, 2.75) is 19.8 Å². The van der Waals surface area contributed by atoms with Gasteiger partial charge in [-0.3, -0.25) is 0 Å². The number of aromatic nitrogens is 3. The van der Waals surface area contributed by atoms with E-state index in [1.165, 1.54) is 0 Å². The predicted octanol–water partition coefficient (Wildman–Crippen LogP) is 2.83. The summed E-state index contributed by atoms with van der Waals surface area (Å²) < 4.78 is 5.63. The van der Waals surface area contributed by atoms with E-state index in [1.807, 2.05) is 19.1 Å². The SMILES string of the molecule is C=CCc1cc(Cc2cnc(N)nc2N)c2ccc(C)nc2c1OC. The lowest BCUT2D eigenvalue weighted by atomic mass is 9.96. The third-order valence-corrected chi connectivity index (χ3v) is 4.10. The van der Waals surface area contributed by atoms with Crippen LogP contribution in [0.15, 0.2) is 37.1 Å². The van der Waals surface area contributed by atoms with Crippen molar-refractivity contribution in [2.75, 3.05) is 18.6 Å². The molecule has 128 valence electrons. The van der Waals surface area contributed by atoms with E-state index in [0.29, 0.717) is 18.7 Å². The Morgan fingerprint density at radius 3 is 2.64 bits per heavy atom. The quantitative estimate of drug-likeness (QED) is 0.695. The number of anilines is 2. The largest absolute Gasteiger partial charge is 0.494 e. The first-order chi connectivity index (χ1) is 12.0. The molecular formula is C19H21N5O. The minimum Gasteiger partial charge on any atom is -0.494 e. The van der Waals surface area contributed by atoms with Crippen LogP contribution >= 0.6 is 0 Å². The van der Waals surface area contributed by atoms with Crippen LogP contribution in [0.2, 0.25) is 0 Å². The molecule has 0 unspecified atom stereocenters. The predicted molar refractivity (Wildman–Crippen MR) is 101 cm³/mol. The van der Waals surface area contributed by atoms with Crippen LogP contribution in [0.25, 0.3) is 10.9 Å². The van der Waals surface area contributed by atoms with E-state index in [4.69, 9.17) is 16.2 Å².